The fourth-order valence-corrected chi connectivity index (χ4v) is 4.73. The summed E-state index contributed by atoms with van der Waals surface area (Å²) in [6.07, 6.45) is 1.86. The van der Waals surface area contributed by atoms with E-state index in [1.54, 1.807) is 6.07 Å². The largest absolute Gasteiger partial charge is 0.488 e. The van der Waals surface area contributed by atoms with E-state index in [-0.39, 0.29) is 11.8 Å². The molecule has 7 heteroatoms. The highest BCUT2D eigenvalue weighted by molar-refractivity contribution is 6.59. The molecule has 2 aliphatic rings. The van der Waals surface area contributed by atoms with Crippen LogP contribution in [0.15, 0.2) is 42.5 Å². The summed E-state index contributed by atoms with van der Waals surface area (Å²) in [5.74, 6) is 0.131. The molecule has 0 radical (unpaired) electrons. The van der Waals surface area contributed by atoms with E-state index in [4.69, 9.17) is 5.73 Å². The third kappa shape index (κ3) is 4.09. The van der Waals surface area contributed by atoms with E-state index in [1.807, 2.05) is 23.1 Å². The van der Waals surface area contributed by atoms with Gasteiger partial charge in [0.2, 0.25) is 5.91 Å². The molecule has 6 nitrogen and oxygen atoms in total. The van der Waals surface area contributed by atoms with Gasteiger partial charge < -0.3 is 26.0 Å². The maximum atomic E-state index is 13.3. The fraction of sp³-hybridized carbons (Fsp3) is 0.409. The van der Waals surface area contributed by atoms with Crippen molar-refractivity contribution in [3.63, 3.8) is 0 Å². The molecule has 0 aromatic heterocycles. The number of carbonyl (C=O) groups excluding carboxylic acids is 1. The summed E-state index contributed by atoms with van der Waals surface area (Å²) in [4.78, 5) is 15.3. The number of nitrogens with one attached hydrogen (secondary N) is 1. The maximum Gasteiger partial charge on any atom is 0.488 e. The first-order valence-electron chi connectivity index (χ1n) is 10.3. The highest BCUT2D eigenvalue weighted by Gasteiger charge is 2.35. The highest BCUT2D eigenvalue weighted by atomic mass is 16.4. The number of piperidine rings is 1. The standard InChI is InChI=1S/C22H28BN3O3/c24-12-15-3-1-4-17(11-15)16-7-9-26(10-8-16)22(27)19-14-25-13-18-5-2-6-20(21(18)19)23(28)29/h1-6,11,16,19,25,28-29H,7-10,12-14,24H2. The van der Waals surface area contributed by atoms with Crippen LogP contribution in [-0.2, 0) is 17.9 Å². The molecule has 0 saturated carbocycles. The Morgan fingerprint density at radius 1 is 1.17 bits per heavy atom. The Hall–Kier alpha value is -2.19. The molecule has 2 heterocycles. The SMILES string of the molecule is NCc1cccc(C2CCN(C(=O)C3CNCc4cccc(B(O)O)c43)CC2)c1. The second-order valence-corrected chi connectivity index (χ2v) is 8.03. The van der Waals surface area contributed by atoms with Crippen molar-refractivity contribution >= 4 is 18.5 Å². The van der Waals surface area contributed by atoms with Gasteiger partial charge in [-0.1, -0.05) is 42.5 Å². The number of amides is 1. The number of carbonyl (C=O) groups is 1. The van der Waals surface area contributed by atoms with Gasteiger partial charge in [0.25, 0.3) is 0 Å². The number of hydrogen-bond acceptors (Lipinski definition) is 5. The maximum absolute atomic E-state index is 13.3. The molecule has 2 aliphatic heterocycles. The molecule has 1 saturated heterocycles. The van der Waals surface area contributed by atoms with E-state index in [9.17, 15) is 14.8 Å². The lowest BCUT2D eigenvalue weighted by atomic mass is 9.71. The number of fused-ring (bicyclic) bond motifs is 1. The van der Waals surface area contributed by atoms with Crippen molar-refractivity contribution in [2.24, 2.45) is 5.73 Å². The molecule has 152 valence electrons. The van der Waals surface area contributed by atoms with Crippen LogP contribution in [0.4, 0.5) is 0 Å². The molecule has 5 N–H and O–H groups in total. The molecule has 0 spiro atoms. The number of rotatable bonds is 4. The Kier molecular flexibility index (Phi) is 6.01. The summed E-state index contributed by atoms with van der Waals surface area (Å²) in [5, 5.41) is 22.9. The number of nitrogens with two attached hydrogens (primary N) is 1. The first-order chi connectivity index (χ1) is 14.1. The van der Waals surface area contributed by atoms with Crippen LogP contribution in [0.3, 0.4) is 0 Å². The zero-order valence-corrected chi connectivity index (χ0v) is 16.6. The summed E-state index contributed by atoms with van der Waals surface area (Å²) in [6, 6.07) is 13.9. The third-order valence-electron chi connectivity index (χ3n) is 6.28. The smallest absolute Gasteiger partial charge is 0.423 e. The predicted molar refractivity (Wildman–Crippen MR) is 114 cm³/mol. The summed E-state index contributed by atoms with van der Waals surface area (Å²) in [5.41, 5.74) is 10.4. The van der Waals surface area contributed by atoms with E-state index in [2.05, 4.69) is 23.5 Å². The van der Waals surface area contributed by atoms with Gasteiger partial charge in [0.05, 0.1) is 5.92 Å². The summed E-state index contributed by atoms with van der Waals surface area (Å²) < 4.78 is 0. The first-order valence-corrected chi connectivity index (χ1v) is 10.3. The van der Waals surface area contributed by atoms with Crippen LogP contribution in [-0.4, -0.2) is 47.6 Å². The average Bonchev–Trinajstić information content (AvgIpc) is 2.77. The van der Waals surface area contributed by atoms with Crippen LogP contribution in [0.1, 0.15) is 46.9 Å². The Morgan fingerprint density at radius 3 is 2.66 bits per heavy atom. The lowest BCUT2D eigenvalue weighted by molar-refractivity contribution is -0.134. The van der Waals surface area contributed by atoms with Crippen molar-refractivity contribution < 1.29 is 14.8 Å². The molecule has 29 heavy (non-hydrogen) atoms. The lowest BCUT2D eigenvalue weighted by Crippen LogP contribution is -2.48. The Labute approximate surface area is 171 Å². The summed E-state index contributed by atoms with van der Waals surface area (Å²) in [6.45, 7) is 3.13. The molecule has 1 fully saturated rings. The van der Waals surface area contributed by atoms with Crippen LogP contribution < -0.4 is 16.5 Å². The Bertz CT molecular complexity index is 881. The molecule has 4 rings (SSSR count). The molecular weight excluding hydrogens is 365 g/mol. The topological polar surface area (TPSA) is 98.8 Å². The van der Waals surface area contributed by atoms with E-state index in [0.29, 0.717) is 44.1 Å². The van der Waals surface area contributed by atoms with E-state index < -0.39 is 7.12 Å². The van der Waals surface area contributed by atoms with E-state index in [0.717, 1.165) is 29.5 Å². The number of likely N-dealkylation sites (tertiary alicyclic amines) is 1. The number of benzene rings is 2. The zero-order chi connectivity index (χ0) is 20.4. The molecule has 1 atom stereocenters. The minimum absolute atomic E-state index is 0.0701. The molecule has 1 unspecified atom stereocenters. The van der Waals surface area contributed by atoms with Gasteiger partial charge in [-0.15, -0.1) is 0 Å². The van der Waals surface area contributed by atoms with E-state index in [1.165, 1.54) is 5.56 Å². The van der Waals surface area contributed by atoms with Crippen molar-refractivity contribution in [2.75, 3.05) is 19.6 Å². The molecule has 0 bridgehead atoms. The van der Waals surface area contributed by atoms with Crippen molar-refractivity contribution in [1.82, 2.24) is 10.2 Å². The van der Waals surface area contributed by atoms with Crippen molar-refractivity contribution in [3.8, 4) is 0 Å². The van der Waals surface area contributed by atoms with Gasteiger partial charge in [0, 0.05) is 32.7 Å². The van der Waals surface area contributed by atoms with E-state index >= 15 is 0 Å². The van der Waals surface area contributed by atoms with Crippen LogP contribution in [0.25, 0.3) is 0 Å². The average molecular weight is 393 g/mol. The van der Waals surface area contributed by atoms with Gasteiger partial charge >= 0.3 is 7.12 Å². The first kappa shape index (κ1) is 20.1. The van der Waals surface area contributed by atoms with Gasteiger partial charge in [0.15, 0.2) is 0 Å². The van der Waals surface area contributed by atoms with Gasteiger partial charge in [-0.3, -0.25) is 4.79 Å². The predicted octanol–water partition coefficient (Wildman–Crippen LogP) is 0.418. The third-order valence-corrected chi connectivity index (χ3v) is 6.28. The van der Waals surface area contributed by atoms with Gasteiger partial charge in [-0.05, 0) is 46.5 Å². The monoisotopic (exact) mass is 393 g/mol. The van der Waals surface area contributed by atoms with Crippen LogP contribution in [0, 0.1) is 0 Å². The minimum Gasteiger partial charge on any atom is -0.423 e. The summed E-state index contributed by atoms with van der Waals surface area (Å²) in [7, 11) is -1.57. The van der Waals surface area contributed by atoms with Crippen molar-refractivity contribution in [3.05, 3.63) is 64.7 Å². The molecular formula is C22H28BN3O3. The minimum atomic E-state index is -1.57. The van der Waals surface area contributed by atoms with Crippen LogP contribution >= 0.6 is 0 Å². The quantitative estimate of drug-likeness (QED) is 0.565. The number of nitrogens with zero attached hydrogens (tertiary/aromatic N) is 1. The van der Waals surface area contributed by atoms with Gasteiger partial charge in [0.1, 0.15) is 0 Å². The molecule has 1 amide bonds. The van der Waals surface area contributed by atoms with Crippen molar-refractivity contribution in [2.45, 2.75) is 37.8 Å². The van der Waals surface area contributed by atoms with Crippen LogP contribution in [0.2, 0.25) is 0 Å². The lowest BCUT2D eigenvalue weighted by Gasteiger charge is -2.37. The van der Waals surface area contributed by atoms with Gasteiger partial charge in [-0.2, -0.15) is 0 Å². The number of hydrogen-bond donors (Lipinski definition) is 4. The van der Waals surface area contributed by atoms with Crippen molar-refractivity contribution in [1.29, 1.82) is 0 Å². The molecule has 2 aromatic carbocycles. The summed E-state index contributed by atoms with van der Waals surface area (Å²) >= 11 is 0. The Morgan fingerprint density at radius 2 is 1.93 bits per heavy atom. The van der Waals surface area contributed by atoms with Gasteiger partial charge in [-0.25, -0.2) is 0 Å². The normalized spacial score (nSPS) is 19.7. The Balaban J connectivity index is 1.49. The fourth-order valence-electron chi connectivity index (χ4n) is 4.73. The molecule has 2 aromatic rings. The molecule has 0 aliphatic carbocycles. The second-order valence-electron chi connectivity index (χ2n) is 8.03. The second kappa shape index (κ2) is 8.67. The highest BCUT2D eigenvalue weighted by Crippen LogP contribution is 2.31. The van der Waals surface area contributed by atoms with Crippen LogP contribution in [0.5, 0.6) is 0 Å². The zero-order valence-electron chi connectivity index (χ0n) is 16.6.